The number of amides is 1. The van der Waals surface area contributed by atoms with Crippen LogP contribution in [0.3, 0.4) is 0 Å². The lowest BCUT2D eigenvalue weighted by molar-refractivity contribution is -0.114. The minimum atomic E-state index is -0.358. The third kappa shape index (κ3) is 4.50. The highest BCUT2D eigenvalue weighted by molar-refractivity contribution is 7.17. The average Bonchev–Trinajstić information content (AvgIpc) is 2.99. The number of ether oxygens (including phenoxy) is 1. The Labute approximate surface area is 174 Å². The monoisotopic (exact) mass is 420 g/mol. The first-order valence-corrected chi connectivity index (χ1v) is 10.7. The Morgan fingerprint density at radius 1 is 1.36 bits per heavy atom. The molecule has 5 nitrogen and oxygen atoms in total. The highest BCUT2D eigenvalue weighted by Gasteiger charge is 2.29. The number of esters is 1. The molecule has 0 aliphatic heterocycles. The summed E-state index contributed by atoms with van der Waals surface area (Å²) in [5.74, 6) is 0.0114. The number of carbonyl (C=O) groups is 2. The Hall–Kier alpha value is -2.05. The van der Waals surface area contributed by atoms with Crippen molar-refractivity contribution in [3.8, 4) is 0 Å². The van der Waals surface area contributed by atoms with E-state index < -0.39 is 0 Å². The number of anilines is 2. The molecule has 1 unspecified atom stereocenters. The van der Waals surface area contributed by atoms with E-state index in [9.17, 15) is 9.59 Å². The number of hydrogen-bond donors (Lipinski definition) is 2. The summed E-state index contributed by atoms with van der Waals surface area (Å²) < 4.78 is 5.25. The second kappa shape index (κ2) is 8.97. The third-order valence-electron chi connectivity index (χ3n) is 4.95. The van der Waals surface area contributed by atoms with Crippen LogP contribution in [0, 0.1) is 12.8 Å². The molecule has 7 heteroatoms. The molecule has 3 rings (SSSR count). The second-order valence-corrected chi connectivity index (χ2v) is 8.60. The molecule has 0 bridgehead atoms. The van der Waals surface area contributed by atoms with E-state index in [1.165, 1.54) is 16.2 Å². The van der Waals surface area contributed by atoms with Gasteiger partial charge in [-0.25, -0.2) is 4.79 Å². The van der Waals surface area contributed by atoms with Crippen molar-refractivity contribution in [2.75, 3.05) is 23.8 Å². The molecule has 0 fully saturated rings. The number of fused-ring (bicyclic) bond motifs is 1. The molecule has 150 valence electrons. The number of halogens is 1. The SMILES string of the molecule is CCOC(=O)c1c(NC(=O)CNc2cccc(Cl)c2C)sc2c1CCC(C)C2. The lowest BCUT2D eigenvalue weighted by atomic mass is 9.88. The summed E-state index contributed by atoms with van der Waals surface area (Å²) in [4.78, 5) is 26.2. The van der Waals surface area contributed by atoms with Gasteiger partial charge in [0.2, 0.25) is 5.91 Å². The summed E-state index contributed by atoms with van der Waals surface area (Å²) in [7, 11) is 0. The Morgan fingerprint density at radius 2 is 2.14 bits per heavy atom. The third-order valence-corrected chi connectivity index (χ3v) is 6.53. The van der Waals surface area contributed by atoms with Crippen LogP contribution in [-0.4, -0.2) is 25.0 Å². The molecule has 1 aliphatic rings. The maximum absolute atomic E-state index is 12.5. The molecule has 1 aromatic heterocycles. The predicted molar refractivity (Wildman–Crippen MR) is 115 cm³/mol. The van der Waals surface area contributed by atoms with Gasteiger partial charge >= 0.3 is 5.97 Å². The van der Waals surface area contributed by atoms with Crippen LogP contribution in [0.5, 0.6) is 0 Å². The fourth-order valence-corrected chi connectivity index (χ4v) is 4.99. The smallest absolute Gasteiger partial charge is 0.341 e. The van der Waals surface area contributed by atoms with Gasteiger partial charge in [-0.15, -0.1) is 11.3 Å². The van der Waals surface area contributed by atoms with Crippen LogP contribution in [0.25, 0.3) is 0 Å². The fourth-order valence-electron chi connectivity index (χ4n) is 3.40. The van der Waals surface area contributed by atoms with Crippen LogP contribution in [0.4, 0.5) is 10.7 Å². The van der Waals surface area contributed by atoms with Gasteiger partial charge in [-0.3, -0.25) is 4.79 Å². The molecule has 1 aliphatic carbocycles. The van der Waals surface area contributed by atoms with E-state index in [-0.39, 0.29) is 18.4 Å². The van der Waals surface area contributed by atoms with Crippen LogP contribution in [0.2, 0.25) is 5.02 Å². The van der Waals surface area contributed by atoms with E-state index in [0.29, 0.717) is 28.1 Å². The molecule has 0 saturated heterocycles. The van der Waals surface area contributed by atoms with Crippen LogP contribution >= 0.6 is 22.9 Å². The normalized spacial score (nSPS) is 15.6. The van der Waals surface area contributed by atoms with Crippen molar-refractivity contribution >= 4 is 45.5 Å². The van der Waals surface area contributed by atoms with Gasteiger partial charge in [-0.05, 0) is 62.3 Å². The van der Waals surface area contributed by atoms with Crippen molar-refractivity contribution in [2.24, 2.45) is 5.92 Å². The molecule has 1 atom stereocenters. The molecule has 0 spiro atoms. The van der Waals surface area contributed by atoms with Gasteiger partial charge in [0.15, 0.2) is 0 Å². The van der Waals surface area contributed by atoms with Crippen molar-refractivity contribution in [1.29, 1.82) is 0 Å². The highest BCUT2D eigenvalue weighted by atomic mass is 35.5. The first kappa shape index (κ1) is 20.7. The van der Waals surface area contributed by atoms with Crippen molar-refractivity contribution in [1.82, 2.24) is 0 Å². The van der Waals surface area contributed by atoms with Gasteiger partial charge in [-0.2, -0.15) is 0 Å². The zero-order chi connectivity index (χ0) is 20.3. The van der Waals surface area contributed by atoms with Crippen LogP contribution in [-0.2, 0) is 22.4 Å². The zero-order valence-electron chi connectivity index (χ0n) is 16.4. The summed E-state index contributed by atoms with van der Waals surface area (Å²) in [5.41, 5.74) is 3.27. The van der Waals surface area contributed by atoms with Crippen molar-refractivity contribution in [3.63, 3.8) is 0 Å². The van der Waals surface area contributed by atoms with E-state index in [0.717, 1.165) is 36.1 Å². The van der Waals surface area contributed by atoms with E-state index in [2.05, 4.69) is 17.6 Å². The van der Waals surface area contributed by atoms with Crippen LogP contribution in [0.15, 0.2) is 18.2 Å². The predicted octanol–water partition coefficient (Wildman–Crippen LogP) is 5.06. The highest BCUT2D eigenvalue weighted by Crippen LogP contribution is 2.40. The van der Waals surface area contributed by atoms with Gasteiger partial charge in [-0.1, -0.05) is 24.6 Å². The fraction of sp³-hybridized carbons (Fsp3) is 0.429. The van der Waals surface area contributed by atoms with Crippen LogP contribution in [0.1, 0.15) is 46.6 Å². The quantitative estimate of drug-likeness (QED) is 0.641. The maximum atomic E-state index is 12.5. The number of nitrogens with one attached hydrogen (secondary N) is 2. The summed E-state index contributed by atoms with van der Waals surface area (Å²) in [5, 5.41) is 7.26. The topological polar surface area (TPSA) is 67.4 Å². The first-order valence-electron chi connectivity index (χ1n) is 9.51. The molecule has 1 heterocycles. The Kier molecular flexibility index (Phi) is 6.62. The van der Waals surface area contributed by atoms with Crippen molar-refractivity contribution in [2.45, 2.75) is 40.0 Å². The summed E-state index contributed by atoms with van der Waals surface area (Å²) in [6.45, 7) is 6.29. The largest absolute Gasteiger partial charge is 0.462 e. The minimum Gasteiger partial charge on any atom is -0.462 e. The van der Waals surface area contributed by atoms with E-state index in [4.69, 9.17) is 16.3 Å². The summed E-state index contributed by atoms with van der Waals surface area (Å²) >= 11 is 7.62. The summed E-state index contributed by atoms with van der Waals surface area (Å²) in [6.07, 6.45) is 2.82. The van der Waals surface area contributed by atoms with Gasteiger partial charge in [0.1, 0.15) is 5.00 Å². The molecule has 0 radical (unpaired) electrons. The number of carbonyl (C=O) groups excluding carboxylic acids is 2. The van der Waals surface area contributed by atoms with Crippen LogP contribution < -0.4 is 10.6 Å². The molecular formula is C21H25ClN2O3S. The molecule has 1 amide bonds. The average molecular weight is 421 g/mol. The van der Waals surface area contributed by atoms with Crippen molar-refractivity contribution < 1.29 is 14.3 Å². The maximum Gasteiger partial charge on any atom is 0.341 e. The lowest BCUT2D eigenvalue weighted by Crippen LogP contribution is -2.23. The molecular weight excluding hydrogens is 396 g/mol. The number of hydrogen-bond acceptors (Lipinski definition) is 5. The summed E-state index contributed by atoms with van der Waals surface area (Å²) in [6, 6.07) is 5.53. The Morgan fingerprint density at radius 3 is 2.89 bits per heavy atom. The lowest BCUT2D eigenvalue weighted by Gasteiger charge is -2.18. The van der Waals surface area contributed by atoms with Gasteiger partial charge in [0.25, 0.3) is 0 Å². The Balaban J connectivity index is 1.76. The van der Waals surface area contributed by atoms with Crippen molar-refractivity contribution in [3.05, 3.63) is 44.8 Å². The number of thiophene rings is 1. The number of benzene rings is 1. The molecule has 0 saturated carbocycles. The van der Waals surface area contributed by atoms with E-state index >= 15 is 0 Å². The molecule has 2 aromatic rings. The Bertz CT molecular complexity index is 894. The van der Waals surface area contributed by atoms with Gasteiger partial charge in [0.05, 0.1) is 18.7 Å². The van der Waals surface area contributed by atoms with E-state index in [1.54, 1.807) is 6.92 Å². The second-order valence-electron chi connectivity index (χ2n) is 7.09. The standard InChI is InChI=1S/C21H25ClN2O3S/c1-4-27-21(26)19-14-9-8-12(2)10-17(14)28-20(19)24-18(25)11-23-16-7-5-6-15(22)13(16)3/h5-7,12,23H,4,8-11H2,1-3H3,(H,24,25). The number of rotatable bonds is 6. The zero-order valence-corrected chi connectivity index (χ0v) is 17.9. The molecule has 28 heavy (non-hydrogen) atoms. The van der Waals surface area contributed by atoms with Gasteiger partial charge < -0.3 is 15.4 Å². The van der Waals surface area contributed by atoms with E-state index in [1.807, 2.05) is 25.1 Å². The van der Waals surface area contributed by atoms with Gasteiger partial charge in [0, 0.05) is 15.6 Å². The molecule has 1 aromatic carbocycles. The molecule has 2 N–H and O–H groups in total. The first-order chi connectivity index (χ1) is 13.4. The minimum absolute atomic E-state index is 0.0857.